The van der Waals surface area contributed by atoms with Gasteiger partial charge < -0.3 is 14.5 Å². The molecule has 1 fully saturated rings. The molecular weight excluding hydrogens is 407 g/mol. The number of halogens is 1. The number of aromatic amines is 1. The molecule has 0 spiro atoms. The molecule has 0 aliphatic carbocycles. The van der Waals surface area contributed by atoms with Crippen LogP contribution in [0.25, 0.3) is 28.1 Å². The molecule has 1 aliphatic rings. The second-order valence-corrected chi connectivity index (χ2v) is 7.18. The van der Waals surface area contributed by atoms with Crippen LogP contribution in [-0.2, 0) is 9.47 Å². The highest BCUT2D eigenvalue weighted by Gasteiger charge is 2.26. The summed E-state index contributed by atoms with van der Waals surface area (Å²) >= 11 is 0. The number of imidazole rings is 2. The van der Waals surface area contributed by atoms with Gasteiger partial charge in [-0.25, -0.2) is 23.9 Å². The quantitative estimate of drug-likeness (QED) is 0.497. The number of H-pyrrole nitrogens is 1. The number of carbonyl (C=O) groups excluding carboxylic acids is 1. The van der Waals surface area contributed by atoms with Crippen LogP contribution in [-0.4, -0.2) is 54.9 Å². The molecule has 1 N–H and O–H groups in total. The summed E-state index contributed by atoms with van der Waals surface area (Å²) in [6, 6.07) is 4.02. The normalized spacial score (nSPS) is 15.0. The first-order chi connectivity index (χ1) is 15.1. The highest BCUT2D eigenvalue weighted by atomic mass is 19.1. The van der Waals surface area contributed by atoms with Gasteiger partial charge in [-0.15, -0.1) is 0 Å². The van der Waals surface area contributed by atoms with E-state index in [9.17, 15) is 14.0 Å². The summed E-state index contributed by atoms with van der Waals surface area (Å²) in [5, 5.41) is 0. The average Bonchev–Trinajstić information content (AvgIpc) is 3.33. The van der Waals surface area contributed by atoms with Crippen LogP contribution in [0.15, 0.2) is 29.3 Å². The lowest BCUT2D eigenvalue weighted by molar-refractivity contribution is 0.0521. The maximum absolute atomic E-state index is 13.9. The fourth-order valence-electron chi connectivity index (χ4n) is 3.87. The number of fused-ring (bicyclic) bond motifs is 2. The number of nitrogens with one attached hydrogen (secondary N) is 1. The highest BCUT2D eigenvalue weighted by Crippen LogP contribution is 2.25. The molecule has 160 valence electrons. The Morgan fingerprint density at radius 1 is 1.32 bits per heavy atom. The molecule has 1 saturated heterocycles. The Balaban J connectivity index is 1.77. The van der Waals surface area contributed by atoms with E-state index >= 15 is 0 Å². The third-order valence-corrected chi connectivity index (χ3v) is 5.31. The fraction of sp³-hybridized carbons (Fsp3) is 0.350. The molecule has 0 unspecified atom stereocenters. The van der Waals surface area contributed by atoms with Gasteiger partial charge in [0.2, 0.25) is 5.95 Å². The molecular formula is C20H19FN6O4. The minimum Gasteiger partial charge on any atom is -0.461 e. The number of rotatable bonds is 4. The van der Waals surface area contributed by atoms with Gasteiger partial charge in [-0.3, -0.25) is 9.13 Å². The van der Waals surface area contributed by atoms with Gasteiger partial charge in [-0.1, -0.05) is 0 Å². The van der Waals surface area contributed by atoms with Crippen LogP contribution < -0.4 is 5.69 Å². The molecule has 31 heavy (non-hydrogen) atoms. The number of nitrogens with zero attached hydrogens (tertiary/aromatic N) is 5. The largest absolute Gasteiger partial charge is 0.461 e. The van der Waals surface area contributed by atoms with Crippen molar-refractivity contribution in [3.05, 3.63) is 46.5 Å². The summed E-state index contributed by atoms with van der Waals surface area (Å²) in [6.45, 7) is 2.87. The maximum atomic E-state index is 13.9. The minimum absolute atomic E-state index is 0.0667. The van der Waals surface area contributed by atoms with Crippen molar-refractivity contribution < 1.29 is 18.7 Å². The molecule has 4 heterocycles. The maximum Gasteiger partial charge on any atom is 0.359 e. The van der Waals surface area contributed by atoms with Crippen molar-refractivity contribution in [2.45, 2.75) is 25.8 Å². The third kappa shape index (κ3) is 3.26. The van der Waals surface area contributed by atoms with E-state index in [1.54, 1.807) is 13.0 Å². The molecule has 3 aromatic heterocycles. The number of hydrogen-bond acceptors (Lipinski definition) is 7. The van der Waals surface area contributed by atoms with E-state index in [1.165, 1.54) is 27.6 Å². The Kier molecular flexibility index (Phi) is 4.74. The van der Waals surface area contributed by atoms with Crippen LogP contribution in [0.3, 0.4) is 0 Å². The van der Waals surface area contributed by atoms with Crippen molar-refractivity contribution in [1.29, 1.82) is 0 Å². The zero-order valence-electron chi connectivity index (χ0n) is 16.7. The molecule has 1 aromatic carbocycles. The number of esters is 1. The molecule has 0 radical (unpaired) electrons. The summed E-state index contributed by atoms with van der Waals surface area (Å²) in [5.41, 5.74) is 1.00. The molecule has 4 aromatic rings. The van der Waals surface area contributed by atoms with E-state index in [1.807, 2.05) is 0 Å². The topological polar surface area (TPSA) is 117 Å². The average molecular weight is 426 g/mol. The summed E-state index contributed by atoms with van der Waals surface area (Å²) in [6.07, 6.45) is 2.73. The molecule has 0 saturated carbocycles. The monoisotopic (exact) mass is 426 g/mol. The van der Waals surface area contributed by atoms with Crippen molar-refractivity contribution in [3.63, 3.8) is 0 Å². The first kappa shape index (κ1) is 19.4. The lowest BCUT2D eigenvalue weighted by Gasteiger charge is -2.22. The number of carbonyl (C=O) groups is 1. The Morgan fingerprint density at radius 2 is 2.13 bits per heavy atom. The summed E-state index contributed by atoms with van der Waals surface area (Å²) in [5.74, 6) is -1.04. The van der Waals surface area contributed by atoms with Gasteiger partial charge in [-0.2, -0.15) is 4.98 Å². The van der Waals surface area contributed by atoms with E-state index in [-0.39, 0.29) is 41.1 Å². The lowest BCUT2D eigenvalue weighted by atomic mass is 10.1. The smallest absolute Gasteiger partial charge is 0.359 e. The third-order valence-electron chi connectivity index (χ3n) is 5.31. The van der Waals surface area contributed by atoms with Crippen molar-refractivity contribution >= 4 is 28.2 Å². The molecule has 10 nitrogen and oxygen atoms in total. The number of aromatic nitrogens is 6. The van der Waals surface area contributed by atoms with E-state index in [0.29, 0.717) is 37.1 Å². The van der Waals surface area contributed by atoms with Gasteiger partial charge in [0, 0.05) is 25.3 Å². The zero-order chi connectivity index (χ0) is 21.5. The van der Waals surface area contributed by atoms with Crippen LogP contribution in [0.2, 0.25) is 0 Å². The second kappa shape index (κ2) is 7.58. The Morgan fingerprint density at radius 3 is 2.90 bits per heavy atom. The predicted octanol–water partition coefficient (Wildman–Crippen LogP) is 2.13. The number of benzene rings is 1. The van der Waals surface area contributed by atoms with Crippen molar-refractivity contribution in [3.8, 4) is 5.95 Å². The predicted molar refractivity (Wildman–Crippen MR) is 108 cm³/mol. The minimum atomic E-state index is -0.688. The summed E-state index contributed by atoms with van der Waals surface area (Å²) < 4.78 is 27.4. The van der Waals surface area contributed by atoms with E-state index in [0.717, 1.165) is 0 Å². The summed E-state index contributed by atoms with van der Waals surface area (Å²) in [7, 11) is 0. The zero-order valence-corrected chi connectivity index (χ0v) is 16.7. The fourth-order valence-corrected chi connectivity index (χ4v) is 3.87. The standard InChI is InChI=1S/C20H19FN6O4/c1-2-31-18(28)16-15-17(27(20(29)24-15)12-5-7-30-8-6-12)25-19(23-16)26-10-22-13-4-3-11(21)9-14(13)26/h3-4,9-10,12H,2,5-8H2,1H3,(H,24,29). The van der Waals surface area contributed by atoms with Crippen molar-refractivity contribution in [2.75, 3.05) is 19.8 Å². The van der Waals surface area contributed by atoms with Gasteiger partial charge in [-0.05, 0) is 31.9 Å². The molecule has 0 bridgehead atoms. The lowest BCUT2D eigenvalue weighted by Crippen LogP contribution is -2.27. The Hall–Kier alpha value is -3.60. The molecule has 1 aliphatic heterocycles. The van der Waals surface area contributed by atoms with Crippen LogP contribution >= 0.6 is 0 Å². The van der Waals surface area contributed by atoms with Crippen LogP contribution in [0.1, 0.15) is 36.3 Å². The molecule has 5 rings (SSSR count). The van der Waals surface area contributed by atoms with Crippen LogP contribution in [0.4, 0.5) is 4.39 Å². The van der Waals surface area contributed by atoms with E-state index < -0.39 is 11.8 Å². The molecule has 0 atom stereocenters. The van der Waals surface area contributed by atoms with Gasteiger partial charge in [0.1, 0.15) is 17.7 Å². The van der Waals surface area contributed by atoms with Gasteiger partial charge in [0.25, 0.3) is 0 Å². The highest BCUT2D eigenvalue weighted by molar-refractivity contribution is 5.99. The van der Waals surface area contributed by atoms with Gasteiger partial charge >= 0.3 is 11.7 Å². The first-order valence-electron chi connectivity index (χ1n) is 9.97. The summed E-state index contributed by atoms with van der Waals surface area (Å²) in [4.78, 5) is 41.3. The van der Waals surface area contributed by atoms with Crippen molar-refractivity contribution in [1.82, 2.24) is 29.1 Å². The SMILES string of the molecule is CCOC(=O)c1nc(-n2cnc3ccc(F)cc32)nc2c1[nH]c(=O)n2C1CCOCC1. The molecule has 11 heteroatoms. The first-order valence-corrected chi connectivity index (χ1v) is 9.97. The molecule has 0 amide bonds. The Labute approximate surface area is 174 Å². The van der Waals surface area contributed by atoms with Crippen LogP contribution in [0, 0.1) is 5.82 Å². The van der Waals surface area contributed by atoms with E-state index in [2.05, 4.69) is 19.9 Å². The van der Waals surface area contributed by atoms with Gasteiger partial charge in [0.05, 0.1) is 17.6 Å². The van der Waals surface area contributed by atoms with Crippen LogP contribution in [0.5, 0.6) is 0 Å². The Bertz CT molecular complexity index is 1350. The van der Waals surface area contributed by atoms with Crippen molar-refractivity contribution in [2.24, 2.45) is 0 Å². The van der Waals surface area contributed by atoms with Gasteiger partial charge in [0.15, 0.2) is 11.3 Å². The number of ether oxygens (including phenoxy) is 2. The van der Waals surface area contributed by atoms with E-state index in [4.69, 9.17) is 9.47 Å². The second-order valence-electron chi connectivity index (χ2n) is 7.18. The number of hydrogen-bond donors (Lipinski definition) is 1.